The van der Waals surface area contributed by atoms with Gasteiger partial charge in [-0.05, 0) is 36.4 Å². The molecule has 0 aliphatic carbocycles. The summed E-state index contributed by atoms with van der Waals surface area (Å²) in [5.74, 6) is 0.761. The van der Waals surface area contributed by atoms with Crippen molar-refractivity contribution in [2.75, 3.05) is 19.0 Å². The number of hydrogen-bond donors (Lipinski definition) is 1. The van der Waals surface area contributed by atoms with Gasteiger partial charge in [-0.25, -0.2) is 0 Å². The molecule has 4 nitrogen and oxygen atoms in total. The van der Waals surface area contributed by atoms with Gasteiger partial charge in [0.2, 0.25) is 0 Å². The highest BCUT2D eigenvalue weighted by molar-refractivity contribution is 5.51. The predicted octanol–water partition coefficient (Wildman–Crippen LogP) is 3.50. The smallest absolute Gasteiger partial charge is 0.152 e. The van der Waals surface area contributed by atoms with Gasteiger partial charge in [-0.2, -0.15) is 0 Å². The summed E-state index contributed by atoms with van der Waals surface area (Å²) < 4.78 is 0. The van der Waals surface area contributed by atoms with Gasteiger partial charge in [0.25, 0.3) is 0 Å². The minimum atomic E-state index is 0.761. The van der Waals surface area contributed by atoms with Crippen LogP contribution in [0.3, 0.4) is 0 Å². The lowest BCUT2D eigenvalue weighted by Crippen LogP contribution is -2.07. The molecular formula is C12H14N4. The number of aromatic amines is 1. The van der Waals surface area contributed by atoms with Crippen LogP contribution in [-0.2, 0) is 0 Å². The monoisotopic (exact) mass is 214 g/mol. The Labute approximate surface area is 94.6 Å². The van der Waals surface area contributed by atoms with E-state index < -0.39 is 0 Å². The Balaban J connectivity index is 2.11. The SMILES string of the molecule is CN(C)c1ccc(N=Nc2ccc[nH]2)cc1. The number of anilines is 1. The lowest BCUT2D eigenvalue weighted by atomic mass is 10.3. The van der Waals surface area contributed by atoms with E-state index in [-0.39, 0.29) is 0 Å². The number of azo groups is 1. The van der Waals surface area contributed by atoms with Crippen molar-refractivity contribution in [2.45, 2.75) is 0 Å². The molecule has 0 radical (unpaired) electrons. The van der Waals surface area contributed by atoms with Gasteiger partial charge in [-0.15, -0.1) is 10.2 Å². The van der Waals surface area contributed by atoms with E-state index in [0.717, 1.165) is 17.2 Å². The molecule has 1 N–H and O–H groups in total. The highest BCUT2D eigenvalue weighted by Gasteiger charge is 1.94. The molecule has 0 bridgehead atoms. The third-order valence-corrected chi connectivity index (χ3v) is 2.22. The molecule has 82 valence electrons. The zero-order chi connectivity index (χ0) is 11.4. The molecule has 1 aromatic heterocycles. The quantitative estimate of drug-likeness (QED) is 0.781. The Bertz CT molecular complexity index is 454. The molecule has 0 amide bonds. The molecule has 0 saturated carbocycles. The van der Waals surface area contributed by atoms with Crippen molar-refractivity contribution < 1.29 is 0 Å². The molecule has 4 heteroatoms. The Kier molecular flexibility index (Phi) is 3.00. The van der Waals surface area contributed by atoms with E-state index in [9.17, 15) is 0 Å². The minimum Gasteiger partial charge on any atom is -0.378 e. The lowest BCUT2D eigenvalue weighted by molar-refractivity contribution is 1.13. The first-order valence-corrected chi connectivity index (χ1v) is 5.08. The molecule has 0 fully saturated rings. The van der Waals surface area contributed by atoms with Crippen LogP contribution in [0.15, 0.2) is 52.8 Å². The largest absolute Gasteiger partial charge is 0.378 e. The summed E-state index contributed by atoms with van der Waals surface area (Å²) in [6.45, 7) is 0. The van der Waals surface area contributed by atoms with Crippen molar-refractivity contribution in [1.82, 2.24) is 4.98 Å². The number of hydrogen-bond acceptors (Lipinski definition) is 3. The van der Waals surface area contributed by atoms with Crippen LogP contribution in [0, 0.1) is 0 Å². The first-order chi connectivity index (χ1) is 7.75. The zero-order valence-electron chi connectivity index (χ0n) is 9.38. The van der Waals surface area contributed by atoms with Gasteiger partial charge in [0, 0.05) is 26.0 Å². The standard InChI is InChI=1S/C12H14N4/c1-16(2)11-7-5-10(6-8-11)14-15-12-4-3-9-13-12/h3-9,13H,1-2H3. The molecule has 2 rings (SSSR count). The second kappa shape index (κ2) is 4.61. The van der Waals surface area contributed by atoms with Crippen molar-refractivity contribution in [3.05, 3.63) is 42.6 Å². The average molecular weight is 214 g/mol. The van der Waals surface area contributed by atoms with Crippen molar-refractivity contribution >= 4 is 17.2 Å². The maximum absolute atomic E-state index is 4.12. The van der Waals surface area contributed by atoms with Crippen LogP contribution in [0.1, 0.15) is 0 Å². The molecule has 2 aromatic rings. The number of nitrogens with zero attached hydrogens (tertiary/aromatic N) is 3. The van der Waals surface area contributed by atoms with E-state index in [0.29, 0.717) is 0 Å². The maximum atomic E-state index is 4.12. The number of nitrogens with one attached hydrogen (secondary N) is 1. The fraction of sp³-hybridized carbons (Fsp3) is 0.167. The summed E-state index contributed by atoms with van der Waals surface area (Å²) in [7, 11) is 4.02. The summed E-state index contributed by atoms with van der Waals surface area (Å²) in [4.78, 5) is 5.02. The van der Waals surface area contributed by atoms with Crippen LogP contribution in [0.2, 0.25) is 0 Å². The van der Waals surface area contributed by atoms with Crippen LogP contribution < -0.4 is 4.90 Å². The first-order valence-electron chi connectivity index (χ1n) is 5.08. The highest BCUT2D eigenvalue weighted by atomic mass is 15.1. The summed E-state index contributed by atoms with van der Waals surface area (Å²) in [6, 6.07) is 11.7. The number of H-pyrrole nitrogens is 1. The van der Waals surface area contributed by atoms with Crippen LogP contribution >= 0.6 is 0 Å². The number of benzene rings is 1. The van der Waals surface area contributed by atoms with Gasteiger partial charge >= 0.3 is 0 Å². The molecule has 0 atom stereocenters. The fourth-order valence-corrected chi connectivity index (χ4v) is 1.31. The van der Waals surface area contributed by atoms with E-state index in [2.05, 4.69) is 15.2 Å². The minimum absolute atomic E-state index is 0.761. The predicted molar refractivity (Wildman–Crippen MR) is 65.7 cm³/mol. The number of rotatable bonds is 3. The molecule has 16 heavy (non-hydrogen) atoms. The Morgan fingerprint density at radius 2 is 1.75 bits per heavy atom. The molecule has 0 unspecified atom stereocenters. The first kappa shape index (κ1) is 10.4. The topological polar surface area (TPSA) is 43.8 Å². The summed E-state index contributed by atoms with van der Waals surface area (Å²) in [6.07, 6.45) is 1.82. The van der Waals surface area contributed by atoms with Crippen molar-refractivity contribution in [3.63, 3.8) is 0 Å². The third kappa shape index (κ3) is 2.48. The van der Waals surface area contributed by atoms with Gasteiger partial charge < -0.3 is 9.88 Å². The van der Waals surface area contributed by atoms with Gasteiger partial charge in [0.1, 0.15) is 0 Å². The van der Waals surface area contributed by atoms with Gasteiger partial charge in [-0.3, -0.25) is 0 Å². The van der Waals surface area contributed by atoms with E-state index in [1.807, 2.05) is 61.6 Å². The van der Waals surface area contributed by atoms with Crippen LogP contribution in [0.25, 0.3) is 0 Å². The molecule has 0 saturated heterocycles. The maximum Gasteiger partial charge on any atom is 0.152 e. The van der Waals surface area contributed by atoms with Crippen molar-refractivity contribution in [2.24, 2.45) is 10.2 Å². The van der Waals surface area contributed by atoms with Crippen molar-refractivity contribution in [1.29, 1.82) is 0 Å². The van der Waals surface area contributed by atoms with E-state index in [4.69, 9.17) is 0 Å². The highest BCUT2D eigenvalue weighted by Crippen LogP contribution is 2.20. The fourth-order valence-electron chi connectivity index (χ4n) is 1.31. The molecular weight excluding hydrogens is 200 g/mol. The van der Waals surface area contributed by atoms with Gasteiger partial charge in [0.15, 0.2) is 5.82 Å². The summed E-state index contributed by atoms with van der Waals surface area (Å²) in [5, 5.41) is 8.19. The van der Waals surface area contributed by atoms with Crippen molar-refractivity contribution in [3.8, 4) is 0 Å². The molecule has 1 aromatic carbocycles. The van der Waals surface area contributed by atoms with Crippen LogP contribution in [-0.4, -0.2) is 19.1 Å². The second-order valence-corrected chi connectivity index (χ2v) is 3.67. The van der Waals surface area contributed by atoms with Gasteiger partial charge in [0.05, 0.1) is 5.69 Å². The van der Waals surface area contributed by atoms with Gasteiger partial charge in [-0.1, -0.05) is 0 Å². The molecule has 0 aliphatic heterocycles. The zero-order valence-corrected chi connectivity index (χ0v) is 9.38. The molecule has 0 aliphatic rings. The van der Waals surface area contributed by atoms with E-state index >= 15 is 0 Å². The van der Waals surface area contributed by atoms with Crippen LogP contribution in [0.5, 0.6) is 0 Å². The number of aromatic nitrogens is 1. The Morgan fingerprint density at radius 1 is 1.00 bits per heavy atom. The second-order valence-electron chi connectivity index (χ2n) is 3.67. The Hall–Kier alpha value is -2.10. The normalized spacial score (nSPS) is 10.9. The molecule has 0 spiro atoms. The Morgan fingerprint density at radius 3 is 2.31 bits per heavy atom. The van der Waals surface area contributed by atoms with E-state index in [1.165, 1.54) is 0 Å². The van der Waals surface area contributed by atoms with Crippen LogP contribution in [0.4, 0.5) is 17.2 Å². The molecule has 1 heterocycles. The lowest BCUT2D eigenvalue weighted by Gasteiger charge is -2.11. The summed E-state index contributed by atoms with van der Waals surface area (Å²) in [5.41, 5.74) is 2.00. The summed E-state index contributed by atoms with van der Waals surface area (Å²) >= 11 is 0. The average Bonchev–Trinajstić information content (AvgIpc) is 2.80. The van der Waals surface area contributed by atoms with E-state index in [1.54, 1.807) is 0 Å². The third-order valence-electron chi connectivity index (χ3n) is 2.22.